The number of aromatic amines is 1. The van der Waals surface area contributed by atoms with Gasteiger partial charge in [-0.1, -0.05) is 78.4 Å². The number of para-hydroxylation sites is 1. The van der Waals surface area contributed by atoms with Crippen LogP contribution in [0, 0.1) is 13.8 Å². The third-order valence-electron chi connectivity index (χ3n) is 5.47. The van der Waals surface area contributed by atoms with Gasteiger partial charge in [-0.05, 0) is 37.0 Å². The fourth-order valence-electron chi connectivity index (χ4n) is 3.79. The van der Waals surface area contributed by atoms with Gasteiger partial charge in [-0.2, -0.15) is 0 Å². The van der Waals surface area contributed by atoms with Crippen LogP contribution in [0.15, 0.2) is 79.0 Å². The van der Waals surface area contributed by atoms with Crippen LogP contribution in [0.3, 0.4) is 0 Å². The Hall–Kier alpha value is -3.17. The van der Waals surface area contributed by atoms with Crippen molar-refractivity contribution < 1.29 is 4.79 Å². The molecule has 0 radical (unpaired) electrons. The van der Waals surface area contributed by atoms with E-state index < -0.39 is 0 Å². The molecule has 0 saturated heterocycles. The molecule has 0 aliphatic heterocycles. The largest absolute Gasteiger partial charge is 0.360 e. The number of hydrogen-bond acceptors (Lipinski definition) is 2. The van der Waals surface area contributed by atoms with Gasteiger partial charge in [-0.15, -0.1) is 0 Å². The number of nitrogens with one attached hydrogen (secondary N) is 2. The number of fused-ring (bicyclic) bond motifs is 1. The third-order valence-corrected chi connectivity index (χ3v) is 5.47. The van der Waals surface area contributed by atoms with E-state index in [1.165, 1.54) is 11.1 Å². The summed E-state index contributed by atoms with van der Waals surface area (Å²) in [6.07, 6.45) is 2.72. The van der Waals surface area contributed by atoms with Crippen LogP contribution in [0.1, 0.15) is 38.7 Å². The summed E-state index contributed by atoms with van der Waals surface area (Å²) in [6, 6.07) is 24.2. The number of aromatic nitrogens is 1. The summed E-state index contributed by atoms with van der Waals surface area (Å²) in [6.45, 7) is 4.88. The molecule has 29 heavy (non-hydrogen) atoms. The van der Waals surface area contributed by atoms with E-state index in [1.54, 1.807) is 0 Å². The Kier molecular flexibility index (Phi) is 5.59. The van der Waals surface area contributed by atoms with Gasteiger partial charge in [0.15, 0.2) is 5.78 Å². The van der Waals surface area contributed by atoms with E-state index in [4.69, 9.17) is 0 Å². The van der Waals surface area contributed by atoms with Crippen LogP contribution in [0.2, 0.25) is 0 Å². The minimum Gasteiger partial charge on any atom is -0.360 e. The highest BCUT2D eigenvalue weighted by molar-refractivity contribution is 6.11. The Morgan fingerprint density at radius 2 is 1.69 bits per heavy atom. The lowest BCUT2D eigenvalue weighted by atomic mass is 9.96. The zero-order valence-electron chi connectivity index (χ0n) is 16.9. The summed E-state index contributed by atoms with van der Waals surface area (Å²) >= 11 is 0. The van der Waals surface area contributed by atoms with E-state index in [1.807, 2.05) is 48.7 Å². The molecule has 4 aromatic rings. The predicted molar refractivity (Wildman–Crippen MR) is 119 cm³/mol. The maximum absolute atomic E-state index is 13.5. The van der Waals surface area contributed by atoms with Gasteiger partial charge in [-0.3, -0.25) is 4.79 Å². The lowest BCUT2D eigenvalue weighted by Gasteiger charge is -2.18. The monoisotopic (exact) mass is 382 g/mol. The fraction of sp³-hybridized carbons (Fsp3) is 0.192. The standard InChI is InChI=1S/C26H26N2O/c1-18-11-13-20(14-12-18)15-16-27-25(21-8-4-3-5-9-21)26(29)23-17-28-24-19(2)7-6-10-22(23)24/h3-14,17,25,27-28H,15-16H2,1-2H3/t25-/m0/s1. The molecule has 0 unspecified atom stereocenters. The van der Waals surface area contributed by atoms with Crippen molar-refractivity contribution in [1.82, 2.24) is 10.3 Å². The summed E-state index contributed by atoms with van der Waals surface area (Å²) in [4.78, 5) is 16.8. The van der Waals surface area contributed by atoms with Crippen LogP contribution in [-0.4, -0.2) is 17.3 Å². The molecule has 0 aliphatic rings. The van der Waals surface area contributed by atoms with Crippen LogP contribution >= 0.6 is 0 Å². The van der Waals surface area contributed by atoms with Crippen LogP contribution in [-0.2, 0) is 6.42 Å². The number of hydrogen-bond donors (Lipinski definition) is 2. The second kappa shape index (κ2) is 8.46. The van der Waals surface area contributed by atoms with Crippen molar-refractivity contribution in [2.24, 2.45) is 0 Å². The van der Waals surface area contributed by atoms with Gasteiger partial charge >= 0.3 is 0 Å². The molecule has 4 rings (SSSR count). The van der Waals surface area contributed by atoms with Gasteiger partial charge in [0.25, 0.3) is 0 Å². The van der Waals surface area contributed by atoms with Gasteiger partial charge in [0.1, 0.15) is 0 Å². The smallest absolute Gasteiger partial charge is 0.186 e. The van der Waals surface area contributed by atoms with Crippen LogP contribution < -0.4 is 5.32 Å². The summed E-state index contributed by atoms with van der Waals surface area (Å²) in [5.74, 6) is 0.0944. The van der Waals surface area contributed by atoms with Crippen molar-refractivity contribution in [1.29, 1.82) is 0 Å². The Morgan fingerprint density at radius 1 is 0.931 bits per heavy atom. The lowest BCUT2D eigenvalue weighted by molar-refractivity contribution is 0.0945. The number of carbonyl (C=O) groups excluding carboxylic acids is 1. The predicted octanol–water partition coefficient (Wildman–Crippen LogP) is 5.54. The zero-order chi connectivity index (χ0) is 20.2. The summed E-state index contributed by atoms with van der Waals surface area (Å²) < 4.78 is 0. The molecular formula is C26H26N2O. The van der Waals surface area contributed by atoms with E-state index in [9.17, 15) is 4.79 Å². The molecule has 1 atom stereocenters. The zero-order valence-corrected chi connectivity index (χ0v) is 16.9. The van der Waals surface area contributed by atoms with Crippen molar-refractivity contribution in [3.05, 3.63) is 107 Å². The third kappa shape index (κ3) is 4.15. The lowest BCUT2D eigenvalue weighted by Crippen LogP contribution is -2.30. The molecule has 3 aromatic carbocycles. The minimum atomic E-state index is -0.374. The molecule has 0 fully saturated rings. The Bertz CT molecular complexity index is 1110. The maximum atomic E-state index is 13.5. The quantitative estimate of drug-likeness (QED) is 0.412. The average Bonchev–Trinajstić information content (AvgIpc) is 3.18. The van der Waals surface area contributed by atoms with Crippen molar-refractivity contribution in [3.8, 4) is 0 Å². The molecule has 2 N–H and O–H groups in total. The molecule has 146 valence electrons. The van der Waals surface area contributed by atoms with E-state index in [0.717, 1.165) is 40.6 Å². The molecule has 3 heteroatoms. The van der Waals surface area contributed by atoms with Gasteiger partial charge in [0, 0.05) is 29.2 Å². The van der Waals surface area contributed by atoms with Gasteiger partial charge in [-0.25, -0.2) is 0 Å². The van der Waals surface area contributed by atoms with E-state index in [2.05, 4.69) is 54.5 Å². The van der Waals surface area contributed by atoms with Gasteiger partial charge in [0.2, 0.25) is 0 Å². The molecule has 0 spiro atoms. The summed E-state index contributed by atoms with van der Waals surface area (Å²) in [7, 11) is 0. The van der Waals surface area contributed by atoms with E-state index in [-0.39, 0.29) is 11.8 Å². The number of carbonyl (C=O) groups is 1. The molecular weight excluding hydrogens is 356 g/mol. The number of Topliss-reactive ketones (excluding diaryl/α,β-unsaturated/α-hetero) is 1. The minimum absolute atomic E-state index is 0.0944. The van der Waals surface area contributed by atoms with E-state index in [0.29, 0.717) is 0 Å². The second-order valence-electron chi connectivity index (χ2n) is 7.60. The van der Waals surface area contributed by atoms with Crippen LogP contribution in [0.5, 0.6) is 0 Å². The molecule has 0 amide bonds. The van der Waals surface area contributed by atoms with Crippen molar-refractivity contribution in [2.45, 2.75) is 26.3 Å². The molecule has 0 aliphatic carbocycles. The van der Waals surface area contributed by atoms with E-state index >= 15 is 0 Å². The highest BCUT2D eigenvalue weighted by Crippen LogP contribution is 2.26. The first kappa shape index (κ1) is 19.2. The number of benzene rings is 3. The van der Waals surface area contributed by atoms with Crippen LogP contribution in [0.4, 0.5) is 0 Å². The molecule has 1 heterocycles. The molecule has 3 nitrogen and oxygen atoms in total. The first-order chi connectivity index (χ1) is 14.1. The number of H-pyrrole nitrogens is 1. The van der Waals surface area contributed by atoms with Gasteiger partial charge < -0.3 is 10.3 Å². The summed E-state index contributed by atoms with van der Waals surface area (Å²) in [5.41, 5.74) is 6.43. The molecule has 0 bridgehead atoms. The van der Waals surface area contributed by atoms with Crippen molar-refractivity contribution >= 4 is 16.7 Å². The number of aryl methyl sites for hydroxylation is 2. The topological polar surface area (TPSA) is 44.9 Å². The average molecular weight is 383 g/mol. The van der Waals surface area contributed by atoms with Crippen LogP contribution in [0.25, 0.3) is 10.9 Å². The first-order valence-corrected chi connectivity index (χ1v) is 10.1. The first-order valence-electron chi connectivity index (χ1n) is 10.1. The Morgan fingerprint density at radius 3 is 2.45 bits per heavy atom. The fourth-order valence-corrected chi connectivity index (χ4v) is 3.79. The highest BCUT2D eigenvalue weighted by atomic mass is 16.1. The normalized spacial score (nSPS) is 12.2. The number of rotatable bonds is 7. The van der Waals surface area contributed by atoms with Gasteiger partial charge in [0.05, 0.1) is 6.04 Å². The Labute approximate surface area is 171 Å². The van der Waals surface area contributed by atoms with Crippen molar-refractivity contribution in [2.75, 3.05) is 6.54 Å². The highest BCUT2D eigenvalue weighted by Gasteiger charge is 2.24. The SMILES string of the molecule is Cc1ccc(CCN[C@H](C(=O)c2c[nH]c3c(C)cccc23)c2ccccc2)cc1. The second-order valence-corrected chi connectivity index (χ2v) is 7.60. The Balaban J connectivity index is 1.59. The van der Waals surface area contributed by atoms with Crippen molar-refractivity contribution in [3.63, 3.8) is 0 Å². The molecule has 1 aromatic heterocycles. The summed E-state index contributed by atoms with van der Waals surface area (Å²) in [5, 5.41) is 4.49. The maximum Gasteiger partial charge on any atom is 0.186 e. The molecule has 0 saturated carbocycles. The number of ketones is 1.